The number of thioether (sulfide) groups is 3. The number of carbonyl (C=O) groups is 2. The molecular weight excluding hydrogens is 302 g/mol. The summed E-state index contributed by atoms with van der Waals surface area (Å²) in [5.74, 6) is 4.36. The fourth-order valence-corrected chi connectivity index (χ4v) is 6.05. The summed E-state index contributed by atoms with van der Waals surface area (Å²) in [5.41, 5.74) is 0. The van der Waals surface area contributed by atoms with Crippen LogP contribution in [-0.4, -0.2) is 68.5 Å². The maximum Gasteiger partial charge on any atom is 0.305 e. The van der Waals surface area contributed by atoms with E-state index in [0.717, 1.165) is 23.0 Å². The van der Waals surface area contributed by atoms with E-state index in [1.807, 2.05) is 28.4 Å². The van der Waals surface area contributed by atoms with Crippen molar-refractivity contribution in [1.29, 1.82) is 0 Å². The van der Waals surface area contributed by atoms with E-state index in [4.69, 9.17) is 5.11 Å². The SMILES string of the molecule is O=C(O)CC1CSCCN1C(=O)CC1CSCCS1. The molecule has 1 amide bonds. The van der Waals surface area contributed by atoms with E-state index in [0.29, 0.717) is 18.2 Å². The van der Waals surface area contributed by atoms with Gasteiger partial charge in [0.1, 0.15) is 0 Å². The number of aliphatic carboxylic acids is 1. The van der Waals surface area contributed by atoms with E-state index in [9.17, 15) is 9.59 Å². The highest BCUT2D eigenvalue weighted by atomic mass is 32.2. The van der Waals surface area contributed by atoms with Crippen molar-refractivity contribution in [2.24, 2.45) is 0 Å². The van der Waals surface area contributed by atoms with Crippen LogP contribution in [0.3, 0.4) is 0 Å². The molecule has 7 heteroatoms. The second-order valence-corrected chi connectivity index (χ2v) is 8.39. The highest BCUT2D eigenvalue weighted by molar-refractivity contribution is 8.06. The summed E-state index contributed by atoms with van der Waals surface area (Å²) in [5, 5.41) is 9.34. The van der Waals surface area contributed by atoms with Crippen molar-refractivity contribution in [3.63, 3.8) is 0 Å². The molecule has 0 radical (unpaired) electrons. The lowest BCUT2D eigenvalue weighted by Crippen LogP contribution is -2.48. The fourth-order valence-electron chi connectivity index (χ4n) is 2.32. The van der Waals surface area contributed by atoms with Crippen molar-refractivity contribution in [3.8, 4) is 0 Å². The lowest BCUT2D eigenvalue weighted by molar-refractivity contribution is -0.140. The monoisotopic (exact) mass is 321 g/mol. The van der Waals surface area contributed by atoms with Crippen molar-refractivity contribution >= 4 is 47.2 Å². The maximum absolute atomic E-state index is 12.4. The zero-order valence-electron chi connectivity index (χ0n) is 10.7. The minimum Gasteiger partial charge on any atom is -0.481 e. The van der Waals surface area contributed by atoms with Crippen LogP contribution in [0, 0.1) is 0 Å². The smallest absolute Gasteiger partial charge is 0.305 e. The third-order valence-electron chi connectivity index (χ3n) is 3.25. The Morgan fingerprint density at radius 1 is 1.11 bits per heavy atom. The molecule has 0 bridgehead atoms. The van der Waals surface area contributed by atoms with Crippen molar-refractivity contribution in [2.45, 2.75) is 24.1 Å². The highest BCUT2D eigenvalue weighted by Gasteiger charge is 2.30. The van der Waals surface area contributed by atoms with Gasteiger partial charge >= 0.3 is 5.97 Å². The molecule has 0 aromatic carbocycles. The van der Waals surface area contributed by atoms with Crippen LogP contribution in [0.25, 0.3) is 0 Å². The number of nitrogens with zero attached hydrogens (tertiary/aromatic N) is 1. The molecule has 4 nitrogen and oxygen atoms in total. The van der Waals surface area contributed by atoms with E-state index in [1.54, 1.807) is 11.8 Å². The van der Waals surface area contributed by atoms with Gasteiger partial charge in [-0.3, -0.25) is 9.59 Å². The zero-order valence-corrected chi connectivity index (χ0v) is 13.2. The van der Waals surface area contributed by atoms with Crippen LogP contribution in [0.4, 0.5) is 0 Å². The van der Waals surface area contributed by atoms with E-state index < -0.39 is 5.97 Å². The van der Waals surface area contributed by atoms with Gasteiger partial charge in [0.05, 0.1) is 12.5 Å². The third-order valence-corrected chi connectivity index (χ3v) is 7.18. The standard InChI is InChI=1S/C12H19NO3S3/c14-11(6-10-8-18-3-4-19-10)13-1-2-17-7-9(13)5-12(15)16/h9-10H,1-8H2,(H,15,16). The topological polar surface area (TPSA) is 57.6 Å². The summed E-state index contributed by atoms with van der Waals surface area (Å²) in [6.07, 6.45) is 0.643. The van der Waals surface area contributed by atoms with Crippen LogP contribution >= 0.6 is 35.3 Å². The number of rotatable bonds is 4. The summed E-state index contributed by atoms with van der Waals surface area (Å²) >= 11 is 5.54. The predicted octanol–water partition coefficient (Wildman–Crippen LogP) is 1.64. The molecule has 108 valence electrons. The van der Waals surface area contributed by atoms with Gasteiger partial charge in [-0.05, 0) is 0 Å². The Bertz CT molecular complexity index is 334. The van der Waals surface area contributed by atoms with E-state index in [2.05, 4.69) is 0 Å². The van der Waals surface area contributed by atoms with Gasteiger partial charge in [0, 0.05) is 47.0 Å². The van der Waals surface area contributed by atoms with Crippen molar-refractivity contribution in [2.75, 3.05) is 35.3 Å². The summed E-state index contributed by atoms with van der Waals surface area (Å²) in [6.45, 7) is 0.700. The highest BCUT2D eigenvalue weighted by Crippen LogP contribution is 2.28. The normalized spacial score (nSPS) is 28.1. The Hall–Kier alpha value is -0.0100. The Labute approximate surface area is 126 Å². The fraction of sp³-hybridized carbons (Fsp3) is 0.833. The number of carbonyl (C=O) groups excluding carboxylic acids is 1. The van der Waals surface area contributed by atoms with Crippen LogP contribution in [0.2, 0.25) is 0 Å². The van der Waals surface area contributed by atoms with Crippen molar-refractivity contribution in [3.05, 3.63) is 0 Å². The molecule has 0 saturated carbocycles. The molecule has 0 aromatic rings. The summed E-state index contributed by atoms with van der Waals surface area (Å²) in [7, 11) is 0. The Morgan fingerprint density at radius 2 is 1.89 bits per heavy atom. The molecular formula is C12H19NO3S3. The molecule has 2 saturated heterocycles. The first-order valence-corrected chi connectivity index (χ1v) is 9.81. The van der Waals surface area contributed by atoms with Crippen LogP contribution in [-0.2, 0) is 9.59 Å². The first-order chi connectivity index (χ1) is 9.16. The lowest BCUT2D eigenvalue weighted by Gasteiger charge is -2.35. The maximum atomic E-state index is 12.4. The lowest BCUT2D eigenvalue weighted by atomic mass is 10.1. The minimum absolute atomic E-state index is 0.0747. The summed E-state index contributed by atoms with van der Waals surface area (Å²) in [6, 6.07) is -0.120. The molecule has 2 unspecified atom stereocenters. The first-order valence-electron chi connectivity index (χ1n) is 6.45. The molecule has 0 aromatic heterocycles. The number of carboxylic acids is 1. The van der Waals surface area contributed by atoms with Crippen LogP contribution in [0.1, 0.15) is 12.8 Å². The van der Waals surface area contributed by atoms with Gasteiger partial charge in [-0.2, -0.15) is 35.3 Å². The van der Waals surface area contributed by atoms with Crippen molar-refractivity contribution in [1.82, 2.24) is 4.90 Å². The summed E-state index contributed by atoms with van der Waals surface area (Å²) < 4.78 is 0. The van der Waals surface area contributed by atoms with E-state index >= 15 is 0 Å². The van der Waals surface area contributed by atoms with Gasteiger partial charge in [0.25, 0.3) is 0 Å². The van der Waals surface area contributed by atoms with Gasteiger partial charge in [0.2, 0.25) is 5.91 Å². The predicted molar refractivity (Wildman–Crippen MR) is 83.3 cm³/mol. The minimum atomic E-state index is -0.812. The number of hydrogen-bond donors (Lipinski definition) is 1. The first kappa shape index (κ1) is 15.4. The molecule has 2 rings (SSSR count). The average molecular weight is 321 g/mol. The second kappa shape index (κ2) is 7.69. The third kappa shape index (κ3) is 4.79. The van der Waals surface area contributed by atoms with Gasteiger partial charge in [-0.25, -0.2) is 0 Å². The zero-order chi connectivity index (χ0) is 13.7. The molecule has 1 N–H and O–H groups in total. The summed E-state index contributed by atoms with van der Waals surface area (Å²) in [4.78, 5) is 25.0. The van der Waals surface area contributed by atoms with Crippen LogP contribution in [0.15, 0.2) is 0 Å². The van der Waals surface area contributed by atoms with Gasteiger partial charge < -0.3 is 10.0 Å². The Kier molecular flexibility index (Phi) is 6.22. The number of carboxylic acid groups (broad SMARTS) is 1. The van der Waals surface area contributed by atoms with Crippen molar-refractivity contribution < 1.29 is 14.7 Å². The van der Waals surface area contributed by atoms with Gasteiger partial charge in [-0.1, -0.05) is 0 Å². The number of hydrogen-bond acceptors (Lipinski definition) is 5. The van der Waals surface area contributed by atoms with E-state index in [-0.39, 0.29) is 18.4 Å². The van der Waals surface area contributed by atoms with Gasteiger partial charge in [-0.15, -0.1) is 0 Å². The molecule has 2 aliphatic rings. The Morgan fingerprint density at radius 3 is 2.58 bits per heavy atom. The quantitative estimate of drug-likeness (QED) is 0.849. The molecule has 2 heterocycles. The molecule has 2 aliphatic heterocycles. The Balaban J connectivity index is 1.88. The largest absolute Gasteiger partial charge is 0.481 e. The molecule has 0 aliphatic carbocycles. The van der Waals surface area contributed by atoms with Gasteiger partial charge in [0.15, 0.2) is 0 Å². The van der Waals surface area contributed by atoms with Crippen LogP contribution < -0.4 is 0 Å². The second-order valence-electron chi connectivity index (χ2n) is 4.69. The molecule has 2 fully saturated rings. The molecule has 2 atom stereocenters. The molecule has 0 spiro atoms. The molecule has 19 heavy (non-hydrogen) atoms. The van der Waals surface area contributed by atoms with Crippen LogP contribution in [0.5, 0.6) is 0 Å². The average Bonchev–Trinajstić information content (AvgIpc) is 2.39. The van der Waals surface area contributed by atoms with E-state index in [1.165, 1.54) is 5.75 Å². The number of amides is 1.